The van der Waals surface area contributed by atoms with Crippen LogP contribution in [0.2, 0.25) is 5.02 Å². The van der Waals surface area contributed by atoms with Crippen molar-refractivity contribution in [2.75, 3.05) is 7.11 Å². The number of aromatic nitrogens is 3. The molecule has 1 heterocycles. The molecule has 1 N–H and O–H groups in total. The number of hydrogen-bond donors (Lipinski definition) is 1. The zero-order chi connectivity index (χ0) is 21.2. The Bertz CT molecular complexity index is 1050. The van der Waals surface area contributed by atoms with Crippen LogP contribution in [0.4, 0.5) is 13.2 Å². The minimum Gasteiger partial charge on any atom is -0.494 e. The summed E-state index contributed by atoms with van der Waals surface area (Å²) < 4.78 is 45.9. The van der Waals surface area contributed by atoms with E-state index in [0.29, 0.717) is 22.2 Å². The average Bonchev–Trinajstić information content (AvgIpc) is 3.07. The highest BCUT2D eigenvalue weighted by Gasteiger charge is 2.33. The monoisotopic (exact) mass is 424 g/mol. The predicted molar refractivity (Wildman–Crippen MR) is 100 cm³/mol. The van der Waals surface area contributed by atoms with Gasteiger partial charge in [-0.2, -0.15) is 13.2 Å². The molecule has 6 nitrogen and oxygen atoms in total. The Morgan fingerprint density at radius 3 is 2.66 bits per heavy atom. The van der Waals surface area contributed by atoms with Gasteiger partial charge in [-0.05, 0) is 36.8 Å². The van der Waals surface area contributed by atoms with Gasteiger partial charge < -0.3 is 10.1 Å². The lowest BCUT2D eigenvalue weighted by molar-refractivity contribution is -0.138. The molecule has 0 fully saturated rings. The molecule has 0 bridgehead atoms. The van der Waals surface area contributed by atoms with Gasteiger partial charge in [-0.1, -0.05) is 35.0 Å². The van der Waals surface area contributed by atoms with Crippen molar-refractivity contribution in [1.82, 2.24) is 20.3 Å². The summed E-state index contributed by atoms with van der Waals surface area (Å²) in [6.45, 7) is 1.31. The van der Waals surface area contributed by atoms with Gasteiger partial charge in [0.15, 0.2) is 5.69 Å². The molecule has 1 aromatic heterocycles. The molecule has 2 aromatic carbocycles. The molecule has 0 saturated heterocycles. The minimum absolute atomic E-state index is 0.0171. The molecule has 152 valence electrons. The molecule has 0 atom stereocenters. The number of methoxy groups -OCH3 is 1. The lowest BCUT2D eigenvalue weighted by Gasteiger charge is -2.13. The second-order valence-electron chi connectivity index (χ2n) is 6.09. The first-order valence-corrected chi connectivity index (χ1v) is 8.79. The average molecular weight is 425 g/mol. The largest absolute Gasteiger partial charge is 0.494 e. The van der Waals surface area contributed by atoms with E-state index in [1.54, 1.807) is 25.1 Å². The van der Waals surface area contributed by atoms with Crippen LogP contribution in [0.15, 0.2) is 42.5 Å². The normalized spacial score (nSPS) is 11.4. The molecule has 3 aromatic rings. The molecule has 10 heteroatoms. The van der Waals surface area contributed by atoms with Gasteiger partial charge >= 0.3 is 6.18 Å². The molecule has 0 saturated carbocycles. The molecular weight excluding hydrogens is 409 g/mol. The SMILES string of the molecule is COc1ccc(Cl)cc1-n1nnc(C(=O)NCc2ccccc2C(F)(F)F)c1C. The van der Waals surface area contributed by atoms with E-state index >= 15 is 0 Å². The molecule has 0 unspecified atom stereocenters. The van der Waals surface area contributed by atoms with Crippen LogP contribution < -0.4 is 10.1 Å². The number of carbonyl (C=O) groups excluding carboxylic acids is 1. The molecule has 29 heavy (non-hydrogen) atoms. The zero-order valence-corrected chi connectivity index (χ0v) is 16.2. The second kappa shape index (κ2) is 8.12. The van der Waals surface area contributed by atoms with E-state index in [4.69, 9.17) is 16.3 Å². The Balaban J connectivity index is 1.84. The van der Waals surface area contributed by atoms with Crippen molar-refractivity contribution in [3.63, 3.8) is 0 Å². The number of rotatable bonds is 5. The van der Waals surface area contributed by atoms with Gasteiger partial charge in [-0.15, -0.1) is 5.10 Å². The van der Waals surface area contributed by atoms with Crippen molar-refractivity contribution in [1.29, 1.82) is 0 Å². The fourth-order valence-corrected chi connectivity index (χ4v) is 2.97. The lowest BCUT2D eigenvalue weighted by Crippen LogP contribution is -2.25. The Morgan fingerprint density at radius 2 is 1.97 bits per heavy atom. The quantitative estimate of drug-likeness (QED) is 0.667. The van der Waals surface area contributed by atoms with Gasteiger partial charge in [0.05, 0.1) is 18.4 Å². The number of ether oxygens (including phenoxy) is 1. The molecule has 0 aliphatic rings. The lowest BCUT2D eigenvalue weighted by atomic mass is 10.1. The highest BCUT2D eigenvalue weighted by molar-refractivity contribution is 6.30. The third-order valence-electron chi connectivity index (χ3n) is 4.24. The Labute approximate surface area is 169 Å². The van der Waals surface area contributed by atoms with Crippen molar-refractivity contribution < 1.29 is 22.7 Å². The number of hydrogen-bond acceptors (Lipinski definition) is 4. The third kappa shape index (κ3) is 4.34. The van der Waals surface area contributed by atoms with Gasteiger partial charge in [0.1, 0.15) is 11.4 Å². The number of nitrogens with zero attached hydrogens (tertiary/aromatic N) is 3. The second-order valence-corrected chi connectivity index (χ2v) is 6.53. The molecule has 0 radical (unpaired) electrons. The summed E-state index contributed by atoms with van der Waals surface area (Å²) in [5, 5.41) is 10.7. The standard InChI is InChI=1S/C19H16ClF3N4O2/c1-11-17(25-26-27(11)15-9-13(20)7-8-16(15)29-2)18(28)24-10-12-5-3-4-6-14(12)19(21,22)23/h3-9H,10H2,1-2H3,(H,24,28). The number of carbonyl (C=O) groups is 1. The molecule has 0 aliphatic carbocycles. The first kappa shape index (κ1) is 20.7. The fraction of sp³-hybridized carbons (Fsp3) is 0.211. The fourth-order valence-electron chi connectivity index (χ4n) is 2.81. The summed E-state index contributed by atoms with van der Waals surface area (Å²) in [7, 11) is 1.48. The van der Waals surface area contributed by atoms with Crippen molar-refractivity contribution in [2.24, 2.45) is 0 Å². The summed E-state index contributed by atoms with van der Waals surface area (Å²) in [6.07, 6.45) is -4.51. The van der Waals surface area contributed by atoms with E-state index < -0.39 is 17.6 Å². The molecular formula is C19H16ClF3N4O2. The molecule has 0 aliphatic heterocycles. The third-order valence-corrected chi connectivity index (χ3v) is 4.48. The number of nitrogens with one attached hydrogen (secondary N) is 1. The van der Waals surface area contributed by atoms with Crippen LogP contribution in [0.25, 0.3) is 5.69 Å². The van der Waals surface area contributed by atoms with Gasteiger partial charge in [-0.25, -0.2) is 4.68 Å². The molecule has 1 amide bonds. The summed E-state index contributed by atoms with van der Waals surface area (Å²) >= 11 is 6.03. The first-order chi connectivity index (χ1) is 13.7. The van der Waals surface area contributed by atoms with Gasteiger partial charge in [0.25, 0.3) is 5.91 Å². The number of amides is 1. The summed E-state index contributed by atoms with van der Waals surface area (Å²) in [5.41, 5.74) is -0.00518. The Hall–Kier alpha value is -3.07. The van der Waals surface area contributed by atoms with Gasteiger partial charge in [0.2, 0.25) is 0 Å². The van der Waals surface area contributed by atoms with E-state index in [1.807, 2.05) is 0 Å². The van der Waals surface area contributed by atoms with Crippen LogP contribution in [0.3, 0.4) is 0 Å². The van der Waals surface area contributed by atoms with Crippen molar-refractivity contribution in [3.05, 3.63) is 70.0 Å². The topological polar surface area (TPSA) is 69.0 Å². The van der Waals surface area contributed by atoms with Crippen LogP contribution in [-0.2, 0) is 12.7 Å². The van der Waals surface area contributed by atoms with E-state index in [2.05, 4.69) is 15.6 Å². The maximum absolute atomic E-state index is 13.1. The smallest absolute Gasteiger partial charge is 0.416 e. The molecule has 3 rings (SSSR count). The number of benzene rings is 2. The van der Waals surface area contributed by atoms with E-state index in [0.717, 1.165) is 6.07 Å². The van der Waals surface area contributed by atoms with Crippen LogP contribution in [0.5, 0.6) is 5.75 Å². The predicted octanol–water partition coefficient (Wildman–Crippen LogP) is 4.19. The zero-order valence-electron chi connectivity index (χ0n) is 15.4. The summed E-state index contributed by atoms with van der Waals surface area (Å²) in [5.74, 6) is -0.180. The summed E-state index contributed by atoms with van der Waals surface area (Å²) in [4.78, 5) is 12.5. The Kier molecular flexibility index (Phi) is 5.78. The van der Waals surface area contributed by atoms with Gasteiger partial charge in [0, 0.05) is 11.6 Å². The van der Waals surface area contributed by atoms with Crippen molar-refractivity contribution in [2.45, 2.75) is 19.6 Å². The van der Waals surface area contributed by atoms with Crippen LogP contribution in [0, 0.1) is 6.92 Å². The van der Waals surface area contributed by atoms with E-state index in [9.17, 15) is 18.0 Å². The van der Waals surface area contributed by atoms with Crippen LogP contribution in [0.1, 0.15) is 27.3 Å². The van der Waals surface area contributed by atoms with Crippen LogP contribution in [-0.4, -0.2) is 28.0 Å². The maximum Gasteiger partial charge on any atom is 0.416 e. The Morgan fingerprint density at radius 1 is 1.24 bits per heavy atom. The number of halogens is 4. The highest BCUT2D eigenvalue weighted by atomic mass is 35.5. The number of alkyl halides is 3. The first-order valence-electron chi connectivity index (χ1n) is 8.42. The van der Waals surface area contributed by atoms with E-state index in [1.165, 1.54) is 30.0 Å². The van der Waals surface area contributed by atoms with Crippen LogP contribution >= 0.6 is 11.6 Å². The van der Waals surface area contributed by atoms with Crippen molar-refractivity contribution in [3.8, 4) is 11.4 Å². The van der Waals surface area contributed by atoms with Gasteiger partial charge in [-0.3, -0.25) is 4.79 Å². The van der Waals surface area contributed by atoms with E-state index in [-0.39, 0.29) is 17.8 Å². The minimum atomic E-state index is -4.51. The highest BCUT2D eigenvalue weighted by Crippen LogP contribution is 2.32. The summed E-state index contributed by atoms with van der Waals surface area (Å²) in [6, 6.07) is 9.93. The van der Waals surface area contributed by atoms with Crippen molar-refractivity contribution >= 4 is 17.5 Å². The molecule has 0 spiro atoms. The maximum atomic E-state index is 13.1.